The molecule has 0 fully saturated rings. The summed E-state index contributed by atoms with van der Waals surface area (Å²) in [6, 6.07) is -0.192. The van der Waals surface area contributed by atoms with Crippen molar-refractivity contribution in [2.75, 3.05) is 13.7 Å². The van der Waals surface area contributed by atoms with E-state index in [1.54, 1.807) is 0 Å². The number of methoxy groups -OCH3 is 1. The Morgan fingerprint density at radius 3 is 2.27 bits per heavy atom. The number of carbonyl (C=O) groups excluding carboxylic acids is 2. The first-order valence-electron chi connectivity index (χ1n) is 4.87. The van der Waals surface area contributed by atoms with E-state index in [0.717, 1.165) is 0 Å². The van der Waals surface area contributed by atoms with Crippen molar-refractivity contribution in [1.82, 2.24) is 0 Å². The number of hydrogen-bond donors (Lipinski definition) is 1. The Kier molecular flexibility index (Phi) is 5.28. The van der Waals surface area contributed by atoms with Gasteiger partial charge < -0.3 is 15.2 Å². The van der Waals surface area contributed by atoms with Crippen molar-refractivity contribution in [3.63, 3.8) is 0 Å². The number of carbonyl (C=O) groups is 2. The predicted molar refractivity (Wildman–Crippen MR) is 55.0 cm³/mol. The smallest absolute Gasteiger partial charge is 0.322 e. The zero-order chi connectivity index (χ0) is 12.1. The minimum atomic E-state index is -1.28. The van der Waals surface area contributed by atoms with E-state index >= 15 is 0 Å². The average molecular weight is 217 g/mol. The second-order valence-electron chi connectivity index (χ2n) is 3.88. The molecule has 0 amide bonds. The predicted octanol–water partition coefficient (Wildman–Crippen LogP) is 0.466. The van der Waals surface area contributed by atoms with E-state index in [-0.39, 0.29) is 12.6 Å². The molecule has 0 radical (unpaired) electrons. The monoisotopic (exact) mass is 217 g/mol. The molecule has 0 rings (SSSR count). The van der Waals surface area contributed by atoms with Crippen molar-refractivity contribution >= 4 is 11.9 Å². The van der Waals surface area contributed by atoms with Crippen LogP contribution in [-0.4, -0.2) is 31.7 Å². The van der Waals surface area contributed by atoms with Crippen LogP contribution < -0.4 is 5.73 Å². The molecular formula is C10H19NO4. The van der Waals surface area contributed by atoms with Gasteiger partial charge in [0.05, 0.1) is 7.11 Å². The van der Waals surface area contributed by atoms with Crippen LogP contribution >= 0.6 is 0 Å². The van der Waals surface area contributed by atoms with E-state index in [0.29, 0.717) is 6.42 Å². The first-order valence-corrected chi connectivity index (χ1v) is 4.87. The lowest BCUT2D eigenvalue weighted by molar-refractivity contribution is -0.168. The van der Waals surface area contributed by atoms with Crippen LogP contribution in [0.2, 0.25) is 0 Å². The van der Waals surface area contributed by atoms with Gasteiger partial charge in [0.25, 0.3) is 0 Å². The van der Waals surface area contributed by atoms with Crippen molar-refractivity contribution in [3.8, 4) is 0 Å². The molecule has 0 aliphatic rings. The van der Waals surface area contributed by atoms with Gasteiger partial charge in [-0.25, -0.2) is 0 Å². The van der Waals surface area contributed by atoms with Crippen LogP contribution in [0.3, 0.4) is 0 Å². The lowest BCUT2D eigenvalue weighted by Gasteiger charge is -2.20. The molecule has 0 spiro atoms. The van der Waals surface area contributed by atoms with Crippen molar-refractivity contribution in [3.05, 3.63) is 0 Å². The Labute approximate surface area is 89.9 Å². The van der Waals surface area contributed by atoms with E-state index in [2.05, 4.69) is 4.74 Å². The molecule has 0 aromatic rings. The lowest BCUT2D eigenvalue weighted by Crippen LogP contribution is -2.38. The van der Waals surface area contributed by atoms with Gasteiger partial charge in [0.1, 0.15) is 6.61 Å². The third-order valence-corrected chi connectivity index (χ3v) is 2.16. The standard InChI is InChI=1S/C10H19NO4/c1-5-7(11)6-15-9(13)10(2,3)8(12)14-4/h7H,5-6,11H2,1-4H3. The Bertz CT molecular complexity index is 238. The van der Waals surface area contributed by atoms with Gasteiger partial charge in [-0.3, -0.25) is 9.59 Å². The van der Waals surface area contributed by atoms with Crippen molar-refractivity contribution in [1.29, 1.82) is 0 Å². The van der Waals surface area contributed by atoms with Crippen LogP contribution in [0.4, 0.5) is 0 Å². The molecule has 0 aliphatic carbocycles. The van der Waals surface area contributed by atoms with Gasteiger partial charge in [-0.15, -0.1) is 0 Å². The highest BCUT2D eigenvalue weighted by molar-refractivity contribution is 5.99. The molecule has 0 saturated heterocycles. The summed E-state index contributed by atoms with van der Waals surface area (Å²) in [5.41, 5.74) is 4.30. The largest absolute Gasteiger partial charge is 0.468 e. The molecular weight excluding hydrogens is 198 g/mol. The number of rotatable bonds is 5. The summed E-state index contributed by atoms with van der Waals surface area (Å²) in [5, 5.41) is 0. The molecule has 2 N–H and O–H groups in total. The van der Waals surface area contributed by atoms with Crippen LogP contribution in [0.25, 0.3) is 0 Å². The molecule has 0 aliphatic heterocycles. The van der Waals surface area contributed by atoms with Crippen LogP contribution in [-0.2, 0) is 19.1 Å². The van der Waals surface area contributed by atoms with E-state index in [9.17, 15) is 9.59 Å². The molecule has 5 heteroatoms. The molecule has 0 bridgehead atoms. The number of ether oxygens (including phenoxy) is 2. The molecule has 0 saturated carbocycles. The van der Waals surface area contributed by atoms with Gasteiger partial charge in [0.15, 0.2) is 5.41 Å². The Morgan fingerprint density at radius 1 is 1.33 bits per heavy atom. The summed E-state index contributed by atoms with van der Waals surface area (Å²) >= 11 is 0. The zero-order valence-corrected chi connectivity index (χ0v) is 9.70. The first-order chi connectivity index (χ1) is 6.86. The maximum Gasteiger partial charge on any atom is 0.322 e. The molecule has 0 aromatic heterocycles. The Morgan fingerprint density at radius 2 is 1.87 bits per heavy atom. The van der Waals surface area contributed by atoms with Crippen molar-refractivity contribution < 1.29 is 19.1 Å². The quantitative estimate of drug-likeness (QED) is 0.535. The lowest BCUT2D eigenvalue weighted by atomic mass is 9.94. The van der Waals surface area contributed by atoms with Gasteiger partial charge >= 0.3 is 11.9 Å². The molecule has 0 heterocycles. The molecule has 1 atom stereocenters. The van der Waals surface area contributed by atoms with Gasteiger partial charge in [0.2, 0.25) is 0 Å². The summed E-state index contributed by atoms with van der Waals surface area (Å²) in [7, 11) is 1.23. The SMILES string of the molecule is CCC(N)COC(=O)C(C)(C)C(=O)OC. The third kappa shape index (κ3) is 3.87. The third-order valence-electron chi connectivity index (χ3n) is 2.16. The number of hydrogen-bond acceptors (Lipinski definition) is 5. The van der Waals surface area contributed by atoms with Crippen LogP contribution in [0, 0.1) is 5.41 Å². The average Bonchev–Trinajstić information content (AvgIpc) is 2.23. The summed E-state index contributed by atoms with van der Waals surface area (Å²) in [4.78, 5) is 22.7. The summed E-state index contributed by atoms with van der Waals surface area (Å²) < 4.78 is 9.42. The van der Waals surface area contributed by atoms with Crippen LogP contribution in [0.15, 0.2) is 0 Å². The van der Waals surface area contributed by atoms with Gasteiger partial charge in [0, 0.05) is 6.04 Å². The van der Waals surface area contributed by atoms with E-state index in [4.69, 9.17) is 10.5 Å². The summed E-state index contributed by atoms with van der Waals surface area (Å²) in [6.45, 7) is 4.93. The van der Waals surface area contributed by atoms with Crippen molar-refractivity contribution in [2.45, 2.75) is 33.2 Å². The zero-order valence-electron chi connectivity index (χ0n) is 9.70. The fourth-order valence-electron chi connectivity index (χ4n) is 0.819. The topological polar surface area (TPSA) is 78.6 Å². The minimum absolute atomic E-state index is 0.121. The minimum Gasteiger partial charge on any atom is -0.468 e. The Hall–Kier alpha value is -1.10. The molecule has 15 heavy (non-hydrogen) atoms. The van der Waals surface area contributed by atoms with E-state index < -0.39 is 17.4 Å². The van der Waals surface area contributed by atoms with Gasteiger partial charge in [-0.1, -0.05) is 6.92 Å². The van der Waals surface area contributed by atoms with Gasteiger partial charge in [-0.2, -0.15) is 0 Å². The van der Waals surface area contributed by atoms with Crippen LogP contribution in [0.5, 0.6) is 0 Å². The first kappa shape index (κ1) is 13.9. The number of nitrogens with two attached hydrogens (primary N) is 1. The van der Waals surface area contributed by atoms with Crippen molar-refractivity contribution in [2.24, 2.45) is 11.1 Å². The van der Waals surface area contributed by atoms with Crippen LogP contribution in [0.1, 0.15) is 27.2 Å². The second kappa shape index (κ2) is 5.70. The normalized spacial score (nSPS) is 13.1. The fourth-order valence-corrected chi connectivity index (χ4v) is 0.819. The highest BCUT2D eigenvalue weighted by atomic mass is 16.6. The summed E-state index contributed by atoms with van der Waals surface area (Å²) in [6.07, 6.45) is 0.714. The Balaban J connectivity index is 4.26. The molecule has 5 nitrogen and oxygen atoms in total. The second-order valence-corrected chi connectivity index (χ2v) is 3.88. The maximum atomic E-state index is 11.5. The highest BCUT2D eigenvalue weighted by Gasteiger charge is 2.39. The number of esters is 2. The maximum absolute atomic E-state index is 11.5. The fraction of sp³-hybridized carbons (Fsp3) is 0.800. The molecule has 88 valence electrons. The summed E-state index contributed by atoms with van der Waals surface area (Å²) in [5.74, 6) is -1.23. The van der Waals surface area contributed by atoms with E-state index in [1.165, 1.54) is 21.0 Å². The van der Waals surface area contributed by atoms with Gasteiger partial charge in [-0.05, 0) is 20.3 Å². The van der Waals surface area contributed by atoms with E-state index in [1.807, 2.05) is 6.92 Å². The highest BCUT2D eigenvalue weighted by Crippen LogP contribution is 2.19. The molecule has 0 aromatic carbocycles. The molecule has 1 unspecified atom stereocenters.